The van der Waals surface area contributed by atoms with Crippen molar-refractivity contribution in [2.45, 2.75) is 57.8 Å². The van der Waals surface area contributed by atoms with Crippen LogP contribution in [0.3, 0.4) is 0 Å². The number of aryl methyl sites for hydroxylation is 1. The number of hydrogen-bond donors (Lipinski definition) is 0. The van der Waals surface area contributed by atoms with Gasteiger partial charge in [-0.25, -0.2) is 0 Å². The summed E-state index contributed by atoms with van der Waals surface area (Å²) in [4.78, 5) is 10.5. The van der Waals surface area contributed by atoms with Gasteiger partial charge in [-0.05, 0) is 55.1 Å². The maximum absolute atomic E-state index is 10.5. The Kier molecular flexibility index (Phi) is 4.98. The molecule has 0 amide bonds. The Morgan fingerprint density at radius 1 is 1.11 bits per heavy atom. The molecule has 98 valence electrons. The zero-order valence-electron chi connectivity index (χ0n) is 11.4. The smallest absolute Gasteiger partial charge is 0.120 e. The molecule has 0 atom stereocenters. The topological polar surface area (TPSA) is 17.1 Å². The first-order valence-electron chi connectivity index (χ1n) is 7.36. The number of benzene rings is 1. The molecule has 0 N–H and O–H groups in total. The van der Waals surface area contributed by atoms with Crippen molar-refractivity contribution >= 4 is 6.29 Å². The second-order valence-electron chi connectivity index (χ2n) is 5.61. The third kappa shape index (κ3) is 3.44. The van der Waals surface area contributed by atoms with Crippen molar-refractivity contribution in [1.82, 2.24) is 0 Å². The van der Waals surface area contributed by atoms with Gasteiger partial charge in [-0.2, -0.15) is 0 Å². The van der Waals surface area contributed by atoms with Gasteiger partial charge in [0.2, 0.25) is 0 Å². The highest BCUT2D eigenvalue weighted by Crippen LogP contribution is 2.36. The average Bonchev–Trinajstić information content (AvgIpc) is 2.41. The van der Waals surface area contributed by atoms with Crippen LogP contribution < -0.4 is 0 Å². The van der Waals surface area contributed by atoms with E-state index in [9.17, 15) is 4.79 Å². The molecule has 1 heteroatoms. The minimum Gasteiger partial charge on any atom is -0.303 e. The molecule has 1 nitrogen and oxygen atoms in total. The summed E-state index contributed by atoms with van der Waals surface area (Å²) in [6, 6.07) is 9.21. The summed E-state index contributed by atoms with van der Waals surface area (Å²) in [6.07, 6.45) is 9.21. The first-order valence-corrected chi connectivity index (χ1v) is 7.36. The molecule has 0 unspecified atom stereocenters. The summed E-state index contributed by atoms with van der Waals surface area (Å²) in [6.45, 7) is 2.22. The van der Waals surface area contributed by atoms with Crippen LogP contribution in [-0.4, -0.2) is 6.29 Å². The summed E-state index contributed by atoms with van der Waals surface area (Å²) >= 11 is 0. The van der Waals surface area contributed by atoms with Gasteiger partial charge in [-0.3, -0.25) is 0 Å². The highest BCUT2D eigenvalue weighted by atomic mass is 16.1. The van der Waals surface area contributed by atoms with E-state index in [2.05, 4.69) is 31.2 Å². The fourth-order valence-electron chi connectivity index (χ4n) is 3.11. The molecule has 1 aromatic rings. The lowest BCUT2D eigenvalue weighted by Gasteiger charge is -2.27. The highest BCUT2D eigenvalue weighted by molar-refractivity contribution is 5.49. The first-order chi connectivity index (χ1) is 8.83. The van der Waals surface area contributed by atoms with E-state index in [1.54, 1.807) is 0 Å². The zero-order chi connectivity index (χ0) is 12.8. The molecule has 0 bridgehead atoms. The van der Waals surface area contributed by atoms with E-state index in [1.165, 1.54) is 49.7 Å². The molecule has 1 fully saturated rings. The largest absolute Gasteiger partial charge is 0.303 e. The minimum atomic E-state index is 0.651. The van der Waals surface area contributed by atoms with Gasteiger partial charge in [-0.1, -0.05) is 37.6 Å². The van der Waals surface area contributed by atoms with Gasteiger partial charge in [0.25, 0.3) is 0 Å². The summed E-state index contributed by atoms with van der Waals surface area (Å²) in [5, 5.41) is 0. The SMILES string of the molecule is CCCc1ccc([C@H]2CC[C@H](CC=O)CC2)cc1. The van der Waals surface area contributed by atoms with Crippen molar-refractivity contribution in [3.8, 4) is 0 Å². The van der Waals surface area contributed by atoms with Crippen LogP contribution in [0.4, 0.5) is 0 Å². The van der Waals surface area contributed by atoms with Crippen molar-refractivity contribution in [3.05, 3.63) is 35.4 Å². The fourth-order valence-corrected chi connectivity index (χ4v) is 3.11. The van der Waals surface area contributed by atoms with Gasteiger partial charge in [0.15, 0.2) is 0 Å². The normalized spacial score (nSPS) is 23.8. The van der Waals surface area contributed by atoms with Crippen LogP contribution in [0.1, 0.15) is 62.5 Å². The molecule has 1 aliphatic carbocycles. The number of carbonyl (C=O) groups is 1. The Hall–Kier alpha value is -1.11. The molecule has 1 aromatic carbocycles. The van der Waals surface area contributed by atoms with E-state index >= 15 is 0 Å². The number of carbonyl (C=O) groups excluding carboxylic acids is 1. The summed E-state index contributed by atoms with van der Waals surface area (Å²) in [5.41, 5.74) is 2.95. The average molecular weight is 244 g/mol. The summed E-state index contributed by atoms with van der Waals surface area (Å²) in [5.74, 6) is 1.38. The number of rotatable bonds is 5. The van der Waals surface area contributed by atoms with Gasteiger partial charge in [0.1, 0.15) is 6.29 Å². The molecule has 1 saturated carbocycles. The summed E-state index contributed by atoms with van der Waals surface area (Å²) in [7, 11) is 0. The van der Waals surface area contributed by atoms with Gasteiger partial charge in [0, 0.05) is 6.42 Å². The van der Waals surface area contributed by atoms with Crippen molar-refractivity contribution < 1.29 is 4.79 Å². The lowest BCUT2D eigenvalue weighted by atomic mass is 9.77. The quantitative estimate of drug-likeness (QED) is 0.697. The van der Waals surface area contributed by atoms with Gasteiger partial charge in [-0.15, -0.1) is 0 Å². The molecule has 0 heterocycles. The van der Waals surface area contributed by atoms with Crippen LogP contribution in [0.15, 0.2) is 24.3 Å². The maximum Gasteiger partial charge on any atom is 0.120 e. The zero-order valence-corrected chi connectivity index (χ0v) is 11.4. The number of aldehydes is 1. The molecular weight excluding hydrogens is 220 g/mol. The molecule has 0 radical (unpaired) electrons. The van der Waals surface area contributed by atoms with Crippen LogP contribution >= 0.6 is 0 Å². The van der Waals surface area contributed by atoms with Gasteiger partial charge >= 0.3 is 0 Å². The van der Waals surface area contributed by atoms with Gasteiger partial charge < -0.3 is 4.79 Å². The maximum atomic E-state index is 10.5. The molecule has 1 aliphatic rings. The second kappa shape index (κ2) is 6.72. The third-order valence-electron chi connectivity index (χ3n) is 4.27. The Bertz CT molecular complexity index is 358. The Morgan fingerprint density at radius 2 is 1.78 bits per heavy atom. The van der Waals surface area contributed by atoms with Crippen molar-refractivity contribution in [2.24, 2.45) is 5.92 Å². The molecule has 18 heavy (non-hydrogen) atoms. The fraction of sp³-hybridized carbons (Fsp3) is 0.588. The van der Waals surface area contributed by atoms with Gasteiger partial charge in [0.05, 0.1) is 0 Å². The Labute approximate surface area is 111 Å². The van der Waals surface area contributed by atoms with Crippen LogP contribution in [0.5, 0.6) is 0 Å². The number of hydrogen-bond acceptors (Lipinski definition) is 1. The first kappa shape index (κ1) is 13.3. The highest BCUT2D eigenvalue weighted by Gasteiger charge is 2.21. The van der Waals surface area contributed by atoms with E-state index in [0.29, 0.717) is 5.92 Å². The van der Waals surface area contributed by atoms with E-state index in [1.807, 2.05) is 0 Å². The van der Waals surface area contributed by atoms with E-state index in [4.69, 9.17) is 0 Å². The molecule has 0 spiro atoms. The molecule has 2 rings (SSSR count). The van der Waals surface area contributed by atoms with Crippen LogP contribution in [-0.2, 0) is 11.2 Å². The van der Waals surface area contributed by atoms with Crippen LogP contribution in [0, 0.1) is 5.92 Å². The van der Waals surface area contributed by atoms with E-state index in [0.717, 1.165) is 18.6 Å². The minimum absolute atomic E-state index is 0.651. The lowest BCUT2D eigenvalue weighted by Crippen LogP contribution is -2.13. The monoisotopic (exact) mass is 244 g/mol. The van der Waals surface area contributed by atoms with Crippen molar-refractivity contribution in [1.29, 1.82) is 0 Å². The van der Waals surface area contributed by atoms with E-state index < -0.39 is 0 Å². The van der Waals surface area contributed by atoms with Crippen LogP contribution in [0.2, 0.25) is 0 Å². The lowest BCUT2D eigenvalue weighted by molar-refractivity contribution is -0.108. The predicted octanol–water partition coefficient (Wildman–Crippen LogP) is 4.50. The standard InChI is InChI=1S/C17H24O/c1-2-3-14-4-8-16(9-5-14)17-10-6-15(7-11-17)12-13-18/h4-5,8-9,13,15,17H,2-3,6-7,10-12H2,1H3/t15-,17-. The molecular formula is C17H24O. The van der Waals surface area contributed by atoms with Crippen LogP contribution in [0.25, 0.3) is 0 Å². The van der Waals surface area contributed by atoms with Crippen molar-refractivity contribution in [3.63, 3.8) is 0 Å². The Balaban J connectivity index is 1.90. The molecule has 0 aromatic heterocycles. The Morgan fingerprint density at radius 3 is 2.33 bits per heavy atom. The third-order valence-corrected chi connectivity index (χ3v) is 4.27. The molecule has 0 saturated heterocycles. The molecule has 0 aliphatic heterocycles. The predicted molar refractivity (Wildman–Crippen MR) is 75.8 cm³/mol. The van der Waals surface area contributed by atoms with E-state index in [-0.39, 0.29) is 0 Å². The second-order valence-corrected chi connectivity index (χ2v) is 5.61. The van der Waals surface area contributed by atoms with Crippen molar-refractivity contribution in [2.75, 3.05) is 0 Å². The summed E-state index contributed by atoms with van der Waals surface area (Å²) < 4.78 is 0.